The molecule has 22 heavy (non-hydrogen) atoms. The minimum absolute atomic E-state index is 0.136. The third-order valence-electron chi connectivity index (χ3n) is 3.17. The molecule has 0 N–H and O–H groups in total. The average Bonchev–Trinajstić information content (AvgIpc) is 2.77. The summed E-state index contributed by atoms with van der Waals surface area (Å²) in [6.07, 6.45) is 1.52. The average molecular weight is 428 g/mol. The summed E-state index contributed by atoms with van der Waals surface area (Å²) in [5.41, 5.74) is 0.420. The van der Waals surface area contributed by atoms with E-state index in [0.717, 1.165) is 10.2 Å². The molecule has 0 amide bonds. The van der Waals surface area contributed by atoms with Gasteiger partial charge in [-0.1, -0.05) is 22.0 Å². The van der Waals surface area contributed by atoms with Crippen LogP contribution in [0.5, 0.6) is 5.75 Å². The van der Waals surface area contributed by atoms with Crippen LogP contribution in [-0.4, -0.2) is 25.9 Å². The van der Waals surface area contributed by atoms with Gasteiger partial charge >= 0.3 is 0 Å². The number of benzene rings is 1. The van der Waals surface area contributed by atoms with E-state index in [1.807, 2.05) is 24.3 Å². The van der Waals surface area contributed by atoms with Crippen LogP contribution < -0.4 is 10.3 Å². The molecule has 0 fully saturated rings. The number of hydrogen-bond donors (Lipinski definition) is 0. The Hall–Kier alpha value is -1.67. The van der Waals surface area contributed by atoms with Gasteiger partial charge < -0.3 is 4.74 Å². The van der Waals surface area contributed by atoms with Crippen molar-refractivity contribution in [2.24, 2.45) is 7.05 Å². The fourth-order valence-corrected chi connectivity index (χ4v) is 3.08. The Morgan fingerprint density at radius 2 is 2.14 bits per heavy atom. The van der Waals surface area contributed by atoms with Crippen molar-refractivity contribution in [3.63, 3.8) is 0 Å². The highest BCUT2D eigenvalue weighted by Crippen LogP contribution is 2.18. The van der Waals surface area contributed by atoms with Gasteiger partial charge in [-0.3, -0.25) is 9.36 Å². The summed E-state index contributed by atoms with van der Waals surface area (Å²) in [6, 6.07) is 7.57. The van der Waals surface area contributed by atoms with Crippen LogP contribution in [-0.2, 0) is 13.6 Å². The molecule has 0 atom stereocenters. The lowest BCUT2D eigenvalue weighted by Gasteiger charge is -2.08. The number of halogens is 2. The first-order chi connectivity index (χ1) is 10.6. The van der Waals surface area contributed by atoms with Gasteiger partial charge in [-0.2, -0.15) is 5.10 Å². The molecule has 0 aliphatic heterocycles. The van der Waals surface area contributed by atoms with Gasteiger partial charge in [0, 0.05) is 11.5 Å². The minimum atomic E-state index is -0.136. The van der Waals surface area contributed by atoms with Crippen LogP contribution >= 0.6 is 31.9 Å². The summed E-state index contributed by atoms with van der Waals surface area (Å²) in [5, 5.41) is 4.63. The van der Waals surface area contributed by atoms with Gasteiger partial charge in [0.25, 0.3) is 5.56 Å². The van der Waals surface area contributed by atoms with Crippen LogP contribution in [0.1, 0.15) is 0 Å². The van der Waals surface area contributed by atoms with E-state index < -0.39 is 0 Å². The van der Waals surface area contributed by atoms with Gasteiger partial charge in [0.05, 0.1) is 6.54 Å². The topological polar surface area (TPSA) is 61.9 Å². The van der Waals surface area contributed by atoms with Crippen molar-refractivity contribution in [1.82, 2.24) is 19.3 Å². The molecular formula is C14H12Br2N4O2. The highest BCUT2D eigenvalue weighted by molar-refractivity contribution is 9.10. The predicted octanol–water partition coefficient (Wildman–Crippen LogP) is 2.73. The van der Waals surface area contributed by atoms with Gasteiger partial charge in [-0.05, 0) is 34.1 Å². The molecule has 114 valence electrons. The van der Waals surface area contributed by atoms with E-state index in [2.05, 4.69) is 41.9 Å². The molecule has 0 spiro atoms. The van der Waals surface area contributed by atoms with Gasteiger partial charge in [-0.15, -0.1) is 0 Å². The monoisotopic (exact) mass is 426 g/mol. The van der Waals surface area contributed by atoms with E-state index in [4.69, 9.17) is 4.74 Å². The van der Waals surface area contributed by atoms with E-state index in [0.29, 0.717) is 28.8 Å². The van der Waals surface area contributed by atoms with Crippen molar-refractivity contribution >= 4 is 42.9 Å². The number of aromatic nitrogens is 4. The van der Waals surface area contributed by atoms with Crippen LogP contribution in [0.2, 0.25) is 0 Å². The van der Waals surface area contributed by atoms with Crippen molar-refractivity contribution in [3.05, 3.63) is 50.0 Å². The first kappa shape index (κ1) is 15.2. The summed E-state index contributed by atoms with van der Waals surface area (Å²) in [7, 11) is 1.75. The van der Waals surface area contributed by atoms with Crippen LogP contribution in [0.25, 0.3) is 11.0 Å². The van der Waals surface area contributed by atoms with Crippen molar-refractivity contribution in [1.29, 1.82) is 0 Å². The zero-order valence-electron chi connectivity index (χ0n) is 11.7. The third-order valence-corrected chi connectivity index (χ3v) is 4.21. The summed E-state index contributed by atoms with van der Waals surface area (Å²) in [4.78, 5) is 16.7. The van der Waals surface area contributed by atoms with Crippen molar-refractivity contribution in [2.45, 2.75) is 6.54 Å². The van der Waals surface area contributed by atoms with E-state index in [1.165, 1.54) is 10.9 Å². The summed E-state index contributed by atoms with van der Waals surface area (Å²) in [5.74, 6) is 0.749. The lowest BCUT2D eigenvalue weighted by molar-refractivity contribution is 0.296. The largest absolute Gasteiger partial charge is 0.492 e. The Bertz CT molecular complexity index is 888. The lowest BCUT2D eigenvalue weighted by Crippen LogP contribution is -2.23. The Labute approximate surface area is 143 Å². The van der Waals surface area contributed by atoms with Crippen LogP contribution in [0.3, 0.4) is 0 Å². The Balaban J connectivity index is 1.78. The first-order valence-electron chi connectivity index (χ1n) is 6.52. The smallest absolute Gasteiger partial charge is 0.265 e. The van der Waals surface area contributed by atoms with Crippen LogP contribution in [0.15, 0.2) is 44.5 Å². The fourth-order valence-electron chi connectivity index (χ4n) is 2.11. The molecule has 1 aromatic carbocycles. The number of ether oxygens (including phenoxy) is 1. The number of rotatable bonds is 4. The molecule has 0 bridgehead atoms. The molecule has 2 aromatic heterocycles. The summed E-state index contributed by atoms with van der Waals surface area (Å²) >= 11 is 6.68. The van der Waals surface area contributed by atoms with E-state index in [-0.39, 0.29) is 5.56 Å². The summed E-state index contributed by atoms with van der Waals surface area (Å²) < 4.78 is 10.2. The van der Waals surface area contributed by atoms with Crippen molar-refractivity contribution in [2.75, 3.05) is 6.61 Å². The zero-order chi connectivity index (χ0) is 15.7. The second-order valence-corrected chi connectivity index (χ2v) is 6.33. The second-order valence-electron chi connectivity index (χ2n) is 4.66. The van der Waals surface area contributed by atoms with Crippen LogP contribution in [0.4, 0.5) is 0 Å². The van der Waals surface area contributed by atoms with Gasteiger partial charge in [-0.25, -0.2) is 9.67 Å². The Morgan fingerprint density at radius 3 is 2.91 bits per heavy atom. The molecule has 2 heterocycles. The molecule has 6 nitrogen and oxygen atoms in total. The molecule has 3 aromatic rings. The third kappa shape index (κ3) is 2.93. The normalized spacial score (nSPS) is 11.0. The first-order valence-corrected chi connectivity index (χ1v) is 8.11. The fraction of sp³-hybridized carbons (Fsp3) is 0.214. The molecule has 0 unspecified atom stereocenters. The zero-order valence-corrected chi connectivity index (χ0v) is 14.8. The Kier molecular flexibility index (Phi) is 4.30. The highest BCUT2D eigenvalue weighted by Gasteiger charge is 2.13. The predicted molar refractivity (Wildman–Crippen MR) is 90.1 cm³/mol. The molecule has 3 rings (SSSR count). The molecule has 0 saturated carbocycles. The maximum absolute atomic E-state index is 12.4. The molecule has 0 aliphatic rings. The maximum Gasteiger partial charge on any atom is 0.265 e. The molecule has 0 aliphatic carbocycles. The number of fused-ring (bicyclic) bond motifs is 1. The standard InChI is InChI=1S/C14H12Br2N4O2/c1-19-13-11(12(16)18-19)14(21)20(8-17-13)5-6-22-10-4-2-3-9(15)7-10/h2-4,7-8H,5-6H2,1H3. The SMILES string of the molecule is Cn1nc(Br)c2c(=O)n(CCOc3cccc(Br)c3)cnc21. The van der Waals surface area contributed by atoms with Gasteiger partial charge in [0.15, 0.2) is 5.65 Å². The highest BCUT2D eigenvalue weighted by atomic mass is 79.9. The maximum atomic E-state index is 12.4. The van der Waals surface area contributed by atoms with E-state index in [9.17, 15) is 4.79 Å². The lowest BCUT2D eigenvalue weighted by atomic mass is 10.3. The molecule has 0 saturated heterocycles. The molecule has 0 radical (unpaired) electrons. The van der Waals surface area contributed by atoms with Crippen molar-refractivity contribution < 1.29 is 4.74 Å². The van der Waals surface area contributed by atoms with Crippen LogP contribution in [0, 0.1) is 0 Å². The van der Waals surface area contributed by atoms with Gasteiger partial charge in [0.1, 0.15) is 28.7 Å². The van der Waals surface area contributed by atoms with Gasteiger partial charge in [0.2, 0.25) is 0 Å². The van der Waals surface area contributed by atoms with E-state index >= 15 is 0 Å². The number of hydrogen-bond acceptors (Lipinski definition) is 4. The number of nitrogens with zero attached hydrogens (tertiary/aromatic N) is 4. The summed E-state index contributed by atoms with van der Waals surface area (Å²) in [6.45, 7) is 0.789. The minimum Gasteiger partial charge on any atom is -0.492 e. The second kappa shape index (κ2) is 6.21. The molecular weight excluding hydrogens is 416 g/mol. The van der Waals surface area contributed by atoms with Crippen molar-refractivity contribution in [3.8, 4) is 5.75 Å². The Morgan fingerprint density at radius 1 is 1.32 bits per heavy atom. The number of aryl methyl sites for hydroxylation is 1. The van der Waals surface area contributed by atoms with E-state index in [1.54, 1.807) is 11.7 Å². The molecule has 8 heteroatoms. The quantitative estimate of drug-likeness (QED) is 0.642.